The summed E-state index contributed by atoms with van der Waals surface area (Å²) in [6.07, 6.45) is 0.831. The van der Waals surface area contributed by atoms with Gasteiger partial charge in [0.15, 0.2) is 0 Å². The van der Waals surface area contributed by atoms with Gasteiger partial charge in [-0.3, -0.25) is 4.79 Å². The fourth-order valence-electron chi connectivity index (χ4n) is 1.62. The number of carbonyl (C=O) groups excluding carboxylic acids is 1. The zero-order valence-corrected chi connectivity index (χ0v) is 10.6. The third-order valence-electron chi connectivity index (χ3n) is 2.87. The molecular weight excluding hydrogens is 224 g/mol. The maximum Gasteiger partial charge on any atom is 0.271 e. The SMILES string of the molecule is CC/C(C)=N\NC(=O)c1ccc2ccccc2c1. The van der Waals surface area contributed by atoms with Gasteiger partial charge in [0, 0.05) is 11.3 Å². The molecule has 18 heavy (non-hydrogen) atoms. The van der Waals surface area contributed by atoms with Crippen LogP contribution in [0.5, 0.6) is 0 Å². The van der Waals surface area contributed by atoms with E-state index in [0.717, 1.165) is 22.9 Å². The summed E-state index contributed by atoms with van der Waals surface area (Å²) in [6.45, 7) is 3.89. The highest BCUT2D eigenvalue weighted by molar-refractivity contribution is 5.99. The molecule has 2 rings (SSSR count). The Morgan fingerprint density at radius 2 is 1.89 bits per heavy atom. The lowest BCUT2D eigenvalue weighted by atomic mass is 10.1. The van der Waals surface area contributed by atoms with Crippen LogP contribution in [0.15, 0.2) is 47.6 Å². The third-order valence-corrected chi connectivity index (χ3v) is 2.87. The molecule has 0 aromatic heterocycles. The van der Waals surface area contributed by atoms with E-state index < -0.39 is 0 Å². The first-order valence-electron chi connectivity index (χ1n) is 6.03. The highest BCUT2D eigenvalue weighted by Gasteiger charge is 2.05. The number of fused-ring (bicyclic) bond motifs is 1. The Hall–Kier alpha value is -2.16. The maximum absolute atomic E-state index is 11.9. The monoisotopic (exact) mass is 240 g/mol. The molecule has 0 unspecified atom stereocenters. The Balaban J connectivity index is 2.23. The maximum atomic E-state index is 11.9. The third kappa shape index (κ3) is 2.74. The molecule has 0 fully saturated rings. The van der Waals surface area contributed by atoms with Gasteiger partial charge in [-0.15, -0.1) is 0 Å². The molecule has 0 spiro atoms. The van der Waals surface area contributed by atoms with Crippen LogP contribution >= 0.6 is 0 Å². The van der Waals surface area contributed by atoms with Crippen molar-refractivity contribution in [3.8, 4) is 0 Å². The molecule has 0 aliphatic carbocycles. The molecular formula is C15H16N2O. The van der Waals surface area contributed by atoms with Crippen molar-refractivity contribution in [2.24, 2.45) is 5.10 Å². The molecule has 92 valence electrons. The van der Waals surface area contributed by atoms with Crippen LogP contribution in [0, 0.1) is 0 Å². The predicted molar refractivity (Wildman–Crippen MR) is 74.8 cm³/mol. The van der Waals surface area contributed by atoms with Crippen molar-refractivity contribution in [1.82, 2.24) is 5.43 Å². The van der Waals surface area contributed by atoms with Gasteiger partial charge in [0.05, 0.1) is 0 Å². The summed E-state index contributed by atoms with van der Waals surface area (Å²) in [5.74, 6) is -0.173. The summed E-state index contributed by atoms with van der Waals surface area (Å²) >= 11 is 0. The van der Waals surface area contributed by atoms with Crippen LogP contribution in [-0.4, -0.2) is 11.6 Å². The molecule has 3 heteroatoms. The summed E-state index contributed by atoms with van der Waals surface area (Å²) in [6, 6.07) is 13.6. The number of nitrogens with one attached hydrogen (secondary N) is 1. The number of hydrazone groups is 1. The minimum Gasteiger partial charge on any atom is -0.267 e. The van der Waals surface area contributed by atoms with Crippen molar-refractivity contribution in [3.63, 3.8) is 0 Å². The van der Waals surface area contributed by atoms with E-state index in [1.165, 1.54) is 0 Å². The van der Waals surface area contributed by atoms with Crippen LogP contribution in [-0.2, 0) is 0 Å². The molecule has 0 saturated carbocycles. The van der Waals surface area contributed by atoms with Crippen LogP contribution in [0.2, 0.25) is 0 Å². The molecule has 2 aromatic rings. The molecule has 3 nitrogen and oxygen atoms in total. The summed E-state index contributed by atoms with van der Waals surface area (Å²) in [5, 5.41) is 6.20. The zero-order chi connectivity index (χ0) is 13.0. The molecule has 0 heterocycles. The minimum atomic E-state index is -0.173. The van der Waals surface area contributed by atoms with E-state index in [2.05, 4.69) is 10.5 Å². The molecule has 1 amide bonds. The van der Waals surface area contributed by atoms with Crippen LogP contribution in [0.3, 0.4) is 0 Å². The number of benzene rings is 2. The lowest BCUT2D eigenvalue weighted by Gasteiger charge is -2.03. The highest BCUT2D eigenvalue weighted by atomic mass is 16.2. The largest absolute Gasteiger partial charge is 0.271 e. The quantitative estimate of drug-likeness (QED) is 0.648. The van der Waals surface area contributed by atoms with E-state index in [9.17, 15) is 4.79 Å². The Morgan fingerprint density at radius 1 is 1.17 bits per heavy atom. The summed E-state index contributed by atoms with van der Waals surface area (Å²) in [5.41, 5.74) is 4.10. The van der Waals surface area contributed by atoms with Crippen molar-refractivity contribution < 1.29 is 4.79 Å². The van der Waals surface area contributed by atoms with E-state index in [-0.39, 0.29) is 5.91 Å². The summed E-state index contributed by atoms with van der Waals surface area (Å²) in [7, 11) is 0. The van der Waals surface area contributed by atoms with E-state index >= 15 is 0 Å². The molecule has 0 aliphatic rings. The second-order valence-electron chi connectivity index (χ2n) is 4.20. The van der Waals surface area contributed by atoms with Crippen LogP contribution in [0.4, 0.5) is 0 Å². The number of carbonyl (C=O) groups is 1. The van der Waals surface area contributed by atoms with Gasteiger partial charge in [-0.2, -0.15) is 5.10 Å². The summed E-state index contributed by atoms with van der Waals surface area (Å²) < 4.78 is 0. The van der Waals surface area contributed by atoms with Crippen molar-refractivity contribution >= 4 is 22.4 Å². The van der Waals surface area contributed by atoms with Crippen LogP contribution < -0.4 is 5.43 Å². The first kappa shape index (κ1) is 12.3. The van der Waals surface area contributed by atoms with Crippen molar-refractivity contribution in [1.29, 1.82) is 0 Å². The van der Waals surface area contributed by atoms with Crippen LogP contribution in [0.1, 0.15) is 30.6 Å². The number of hydrogen-bond acceptors (Lipinski definition) is 2. The molecule has 0 saturated heterocycles. The van der Waals surface area contributed by atoms with Crippen LogP contribution in [0.25, 0.3) is 10.8 Å². The summed E-state index contributed by atoms with van der Waals surface area (Å²) in [4.78, 5) is 11.9. The Morgan fingerprint density at radius 3 is 2.61 bits per heavy atom. The van der Waals surface area contributed by atoms with Gasteiger partial charge in [0.1, 0.15) is 0 Å². The Bertz CT molecular complexity index is 602. The predicted octanol–water partition coefficient (Wildman–Crippen LogP) is 3.36. The van der Waals surface area contributed by atoms with Crippen molar-refractivity contribution in [2.45, 2.75) is 20.3 Å². The van der Waals surface area contributed by atoms with E-state index in [1.54, 1.807) is 0 Å². The first-order valence-corrected chi connectivity index (χ1v) is 6.03. The molecule has 2 aromatic carbocycles. The topological polar surface area (TPSA) is 41.5 Å². The van der Waals surface area contributed by atoms with E-state index in [4.69, 9.17) is 0 Å². The van der Waals surface area contributed by atoms with Gasteiger partial charge in [0.2, 0.25) is 0 Å². The van der Waals surface area contributed by atoms with Gasteiger partial charge in [-0.1, -0.05) is 37.3 Å². The molecule has 0 aliphatic heterocycles. The lowest BCUT2D eigenvalue weighted by molar-refractivity contribution is 0.0955. The number of rotatable bonds is 3. The second kappa shape index (κ2) is 5.45. The average molecular weight is 240 g/mol. The smallest absolute Gasteiger partial charge is 0.267 e. The highest BCUT2D eigenvalue weighted by Crippen LogP contribution is 2.15. The number of amides is 1. The van der Waals surface area contributed by atoms with Gasteiger partial charge in [-0.05, 0) is 36.2 Å². The Kier molecular flexibility index (Phi) is 3.72. The fraction of sp³-hybridized carbons (Fsp3) is 0.200. The Labute approximate surface area is 107 Å². The molecule has 1 N–H and O–H groups in total. The van der Waals surface area contributed by atoms with Gasteiger partial charge >= 0.3 is 0 Å². The molecule has 0 atom stereocenters. The van der Waals surface area contributed by atoms with Crippen molar-refractivity contribution in [2.75, 3.05) is 0 Å². The van der Waals surface area contributed by atoms with Crippen molar-refractivity contribution in [3.05, 3.63) is 48.0 Å². The number of hydrogen-bond donors (Lipinski definition) is 1. The van der Waals surface area contributed by atoms with E-state index in [1.807, 2.05) is 56.3 Å². The number of nitrogens with zero attached hydrogens (tertiary/aromatic N) is 1. The average Bonchev–Trinajstić information content (AvgIpc) is 2.43. The first-order chi connectivity index (χ1) is 8.70. The fourth-order valence-corrected chi connectivity index (χ4v) is 1.62. The van der Waals surface area contributed by atoms with E-state index in [0.29, 0.717) is 5.56 Å². The second-order valence-corrected chi connectivity index (χ2v) is 4.20. The van der Waals surface area contributed by atoms with Gasteiger partial charge < -0.3 is 0 Å². The molecule has 0 radical (unpaired) electrons. The normalized spacial score (nSPS) is 11.6. The van der Waals surface area contributed by atoms with Gasteiger partial charge in [-0.25, -0.2) is 5.43 Å². The molecule has 0 bridgehead atoms. The lowest BCUT2D eigenvalue weighted by Crippen LogP contribution is -2.18. The minimum absolute atomic E-state index is 0.173. The van der Waals surface area contributed by atoms with Gasteiger partial charge in [0.25, 0.3) is 5.91 Å². The standard InChI is InChI=1S/C15H16N2O/c1-3-11(2)16-17-15(18)14-9-8-12-6-4-5-7-13(12)10-14/h4-10H,3H2,1-2H3,(H,17,18)/b16-11-. The zero-order valence-electron chi connectivity index (χ0n) is 10.6.